The van der Waals surface area contributed by atoms with Gasteiger partial charge in [-0.2, -0.15) is 0 Å². The lowest BCUT2D eigenvalue weighted by atomic mass is 10.0. The molecule has 3 rings (SSSR count). The third-order valence-electron chi connectivity index (χ3n) is 6.30. The van der Waals surface area contributed by atoms with Crippen LogP contribution < -0.4 is 9.62 Å². The SMILES string of the molecule is CCCCNC(=O)[C@H](Cc1ccccc1)N(Cc1ccccc1)C(=O)CN(c1ccc(C)cc1)S(C)(=O)=O. The Hall–Kier alpha value is -3.65. The summed E-state index contributed by atoms with van der Waals surface area (Å²) in [6.07, 6.45) is 3.14. The quantitative estimate of drug-likeness (QED) is 0.330. The summed E-state index contributed by atoms with van der Waals surface area (Å²) in [5.41, 5.74) is 3.14. The Bertz CT molecular complexity index is 1280. The van der Waals surface area contributed by atoms with E-state index >= 15 is 0 Å². The van der Waals surface area contributed by atoms with Crippen molar-refractivity contribution in [3.05, 3.63) is 102 Å². The van der Waals surface area contributed by atoms with Crippen LogP contribution in [-0.4, -0.2) is 50.5 Å². The molecule has 0 radical (unpaired) electrons. The Morgan fingerprint density at radius 1 is 0.868 bits per heavy atom. The molecule has 0 heterocycles. The lowest BCUT2D eigenvalue weighted by molar-refractivity contribution is -0.140. The minimum atomic E-state index is -3.77. The maximum Gasteiger partial charge on any atom is 0.244 e. The van der Waals surface area contributed by atoms with Crippen molar-refractivity contribution in [3.8, 4) is 0 Å². The molecule has 3 aromatic rings. The molecule has 0 saturated heterocycles. The maximum absolute atomic E-state index is 14.0. The second kappa shape index (κ2) is 13.8. The third kappa shape index (κ3) is 8.45. The van der Waals surface area contributed by atoms with E-state index in [2.05, 4.69) is 5.32 Å². The van der Waals surface area contributed by atoms with Crippen molar-refractivity contribution < 1.29 is 18.0 Å². The van der Waals surface area contributed by atoms with E-state index in [0.29, 0.717) is 18.7 Å². The molecule has 1 N–H and O–H groups in total. The van der Waals surface area contributed by atoms with Crippen molar-refractivity contribution in [2.45, 2.75) is 45.7 Å². The summed E-state index contributed by atoms with van der Waals surface area (Å²) >= 11 is 0. The molecule has 1 atom stereocenters. The normalized spacial score (nSPS) is 12.0. The summed E-state index contributed by atoms with van der Waals surface area (Å²) in [5.74, 6) is -0.709. The van der Waals surface area contributed by atoms with Gasteiger partial charge in [0.25, 0.3) is 0 Å². The lowest BCUT2D eigenvalue weighted by Crippen LogP contribution is -2.53. The van der Waals surface area contributed by atoms with Crippen LogP contribution in [0.1, 0.15) is 36.5 Å². The van der Waals surface area contributed by atoms with Gasteiger partial charge in [-0.05, 0) is 36.6 Å². The summed E-state index contributed by atoms with van der Waals surface area (Å²) in [7, 11) is -3.77. The van der Waals surface area contributed by atoms with Gasteiger partial charge in [0, 0.05) is 19.5 Å². The Labute approximate surface area is 226 Å². The predicted octanol–water partition coefficient (Wildman–Crippen LogP) is 4.32. The van der Waals surface area contributed by atoms with Crippen LogP contribution in [0.5, 0.6) is 0 Å². The van der Waals surface area contributed by atoms with E-state index in [-0.39, 0.29) is 12.5 Å². The first-order valence-electron chi connectivity index (χ1n) is 12.9. The largest absolute Gasteiger partial charge is 0.354 e. The van der Waals surface area contributed by atoms with Crippen LogP contribution >= 0.6 is 0 Å². The molecule has 0 fully saturated rings. The summed E-state index contributed by atoms with van der Waals surface area (Å²) in [6, 6.07) is 25.1. The van der Waals surface area contributed by atoms with Crippen molar-refractivity contribution in [1.29, 1.82) is 0 Å². The maximum atomic E-state index is 14.0. The Morgan fingerprint density at radius 3 is 2.00 bits per heavy atom. The van der Waals surface area contributed by atoms with Crippen LogP contribution in [0.25, 0.3) is 0 Å². The van der Waals surface area contributed by atoms with Gasteiger partial charge in [0.2, 0.25) is 21.8 Å². The molecule has 0 aliphatic rings. The number of nitrogens with zero attached hydrogens (tertiary/aromatic N) is 2. The molecule has 0 aliphatic carbocycles. The highest BCUT2D eigenvalue weighted by atomic mass is 32.2. The number of hydrogen-bond donors (Lipinski definition) is 1. The molecule has 38 heavy (non-hydrogen) atoms. The van der Waals surface area contributed by atoms with Crippen molar-refractivity contribution in [2.24, 2.45) is 0 Å². The number of benzene rings is 3. The van der Waals surface area contributed by atoms with Crippen molar-refractivity contribution in [3.63, 3.8) is 0 Å². The van der Waals surface area contributed by atoms with Crippen LogP contribution in [0.3, 0.4) is 0 Å². The number of carbonyl (C=O) groups excluding carboxylic acids is 2. The molecule has 202 valence electrons. The molecule has 7 nitrogen and oxygen atoms in total. The van der Waals surface area contributed by atoms with Crippen LogP contribution in [0.2, 0.25) is 0 Å². The fraction of sp³-hybridized carbons (Fsp3) is 0.333. The number of hydrogen-bond acceptors (Lipinski definition) is 4. The zero-order valence-electron chi connectivity index (χ0n) is 22.3. The average molecular weight is 536 g/mol. The van der Waals surface area contributed by atoms with Gasteiger partial charge in [-0.1, -0.05) is 91.7 Å². The predicted molar refractivity (Wildman–Crippen MR) is 152 cm³/mol. The van der Waals surface area contributed by atoms with Crippen molar-refractivity contribution >= 4 is 27.5 Å². The summed E-state index contributed by atoms with van der Waals surface area (Å²) in [4.78, 5) is 29.0. The third-order valence-corrected chi connectivity index (χ3v) is 7.44. The zero-order valence-corrected chi connectivity index (χ0v) is 23.2. The minimum absolute atomic E-state index is 0.171. The molecular weight excluding hydrogens is 498 g/mol. The summed E-state index contributed by atoms with van der Waals surface area (Å²) in [6.45, 7) is 4.22. The number of aryl methyl sites for hydroxylation is 1. The van der Waals surface area contributed by atoms with Gasteiger partial charge >= 0.3 is 0 Å². The Balaban J connectivity index is 2.00. The van der Waals surface area contributed by atoms with Gasteiger partial charge in [-0.3, -0.25) is 13.9 Å². The number of rotatable bonds is 13. The van der Waals surface area contributed by atoms with E-state index in [0.717, 1.165) is 40.1 Å². The first-order valence-corrected chi connectivity index (χ1v) is 14.7. The smallest absolute Gasteiger partial charge is 0.244 e. The number of anilines is 1. The highest BCUT2D eigenvalue weighted by Crippen LogP contribution is 2.21. The number of nitrogens with one attached hydrogen (secondary N) is 1. The van der Waals surface area contributed by atoms with E-state index in [1.807, 2.05) is 74.5 Å². The fourth-order valence-corrected chi connectivity index (χ4v) is 5.01. The molecule has 0 aromatic heterocycles. The van der Waals surface area contributed by atoms with E-state index in [1.54, 1.807) is 24.3 Å². The lowest BCUT2D eigenvalue weighted by Gasteiger charge is -2.33. The van der Waals surface area contributed by atoms with E-state index < -0.39 is 28.5 Å². The van der Waals surface area contributed by atoms with E-state index in [9.17, 15) is 18.0 Å². The monoisotopic (exact) mass is 535 g/mol. The summed E-state index contributed by atoms with van der Waals surface area (Å²) < 4.78 is 26.7. The average Bonchev–Trinajstić information content (AvgIpc) is 2.90. The second-order valence-electron chi connectivity index (χ2n) is 9.46. The molecular formula is C30H37N3O4S. The van der Waals surface area contributed by atoms with Crippen molar-refractivity contribution in [2.75, 3.05) is 23.7 Å². The number of carbonyl (C=O) groups is 2. The highest BCUT2D eigenvalue weighted by Gasteiger charge is 2.32. The Morgan fingerprint density at radius 2 is 1.45 bits per heavy atom. The van der Waals surface area contributed by atoms with Gasteiger partial charge in [0.05, 0.1) is 11.9 Å². The number of unbranched alkanes of at least 4 members (excludes halogenated alkanes) is 1. The standard InChI is InChI=1S/C30H37N3O4S/c1-4-5-20-31-30(35)28(21-25-12-8-6-9-13-25)32(22-26-14-10-7-11-15-26)29(34)23-33(38(3,36)37)27-18-16-24(2)17-19-27/h6-19,28H,4-5,20-23H2,1-3H3,(H,31,35)/t28-/m0/s1. The van der Waals surface area contributed by atoms with Crippen LogP contribution in [0.15, 0.2) is 84.9 Å². The molecule has 0 saturated carbocycles. The number of sulfonamides is 1. The first-order chi connectivity index (χ1) is 18.2. The minimum Gasteiger partial charge on any atom is -0.354 e. The fourth-order valence-electron chi connectivity index (χ4n) is 4.16. The number of amides is 2. The van der Waals surface area contributed by atoms with E-state index in [4.69, 9.17) is 0 Å². The molecule has 0 aliphatic heterocycles. The van der Waals surface area contributed by atoms with Crippen LogP contribution in [0.4, 0.5) is 5.69 Å². The molecule has 2 amide bonds. The molecule has 0 spiro atoms. The van der Waals surface area contributed by atoms with Crippen LogP contribution in [-0.2, 0) is 32.6 Å². The first kappa shape index (κ1) is 28.9. The van der Waals surface area contributed by atoms with Gasteiger partial charge in [-0.25, -0.2) is 8.42 Å². The molecule has 3 aromatic carbocycles. The van der Waals surface area contributed by atoms with Crippen molar-refractivity contribution in [1.82, 2.24) is 10.2 Å². The van der Waals surface area contributed by atoms with Gasteiger partial charge in [0.1, 0.15) is 12.6 Å². The second-order valence-corrected chi connectivity index (χ2v) is 11.4. The molecule has 0 unspecified atom stereocenters. The van der Waals surface area contributed by atoms with Gasteiger partial charge < -0.3 is 10.2 Å². The van der Waals surface area contributed by atoms with Crippen LogP contribution in [0, 0.1) is 6.92 Å². The topological polar surface area (TPSA) is 86.8 Å². The van der Waals surface area contributed by atoms with Gasteiger partial charge in [-0.15, -0.1) is 0 Å². The summed E-state index contributed by atoms with van der Waals surface area (Å²) in [5, 5.41) is 2.98. The Kier molecular flexibility index (Phi) is 10.5. The van der Waals surface area contributed by atoms with Gasteiger partial charge in [0.15, 0.2) is 0 Å². The molecule has 0 bridgehead atoms. The highest BCUT2D eigenvalue weighted by molar-refractivity contribution is 7.92. The zero-order chi connectivity index (χ0) is 27.5. The molecule has 8 heteroatoms. The van der Waals surface area contributed by atoms with E-state index in [1.165, 1.54) is 4.90 Å².